The third-order valence-electron chi connectivity index (χ3n) is 5.15. The van der Waals surface area contributed by atoms with Crippen molar-refractivity contribution >= 4 is 16.7 Å². The molecule has 0 bridgehead atoms. The number of aryl methyl sites for hydroxylation is 1. The van der Waals surface area contributed by atoms with Gasteiger partial charge in [-0.15, -0.1) is 11.8 Å². The Morgan fingerprint density at radius 3 is 2.75 bits per heavy atom. The van der Waals surface area contributed by atoms with Crippen LogP contribution in [0.3, 0.4) is 0 Å². The number of hydrogen-bond acceptors (Lipinski definition) is 5. The van der Waals surface area contributed by atoms with Crippen LogP contribution in [0.15, 0.2) is 42.6 Å². The molecule has 2 heterocycles. The van der Waals surface area contributed by atoms with Gasteiger partial charge in [-0.25, -0.2) is 0 Å². The van der Waals surface area contributed by atoms with Gasteiger partial charge < -0.3 is 15.0 Å². The van der Waals surface area contributed by atoms with Gasteiger partial charge in [-0.2, -0.15) is 5.26 Å². The summed E-state index contributed by atoms with van der Waals surface area (Å²) in [5.41, 5.74) is 6.96. The Morgan fingerprint density at radius 2 is 2.11 bits per heavy atom. The van der Waals surface area contributed by atoms with E-state index in [1.54, 1.807) is 0 Å². The van der Waals surface area contributed by atoms with Crippen LogP contribution in [0.5, 0.6) is 0 Å². The van der Waals surface area contributed by atoms with Gasteiger partial charge in [0.25, 0.3) is 0 Å². The molecule has 2 aromatic carbocycles. The summed E-state index contributed by atoms with van der Waals surface area (Å²) in [5, 5.41) is 12.6. The molecule has 144 valence electrons. The molecule has 0 saturated carbocycles. The minimum Gasteiger partial charge on any atom is -0.375 e. The van der Waals surface area contributed by atoms with Crippen molar-refractivity contribution in [3.8, 4) is 17.2 Å². The number of rotatable bonds is 4. The molecule has 1 unspecified atom stereocenters. The molecule has 1 saturated heterocycles. The summed E-state index contributed by atoms with van der Waals surface area (Å²) in [6.45, 7) is 4.75. The lowest BCUT2D eigenvalue weighted by molar-refractivity contribution is 0.0292. The Kier molecular flexibility index (Phi) is 5.72. The van der Waals surface area contributed by atoms with E-state index in [1.165, 1.54) is 27.2 Å². The predicted octanol–water partition coefficient (Wildman–Crippen LogP) is 4.00. The van der Waals surface area contributed by atoms with Gasteiger partial charge in [0, 0.05) is 43.2 Å². The van der Waals surface area contributed by atoms with Crippen LogP contribution in [-0.4, -0.2) is 43.6 Å². The second-order valence-corrected chi connectivity index (χ2v) is 8.45. The molecule has 1 fully saturated rings. The van der Waals surface area contributed by atoms with E-state index in [2.05, 4.69) is 60.7 Å². The molecule has 0 spiro atoms. The molecule has 28 heavy (non-hydrogen) atoms. The zero-order valence-electron chi connectivity index (χ0n) is 16.4. The van der Waals surface area contributed by atoms with Gasteiger partial charge in [0.15, 0.2) is 0 Å². The van der Waals surface area contributed by atoms with Crippen LogP contribution in [0.25, 0.3) is 16.0 Å². The average molecular weight is 392 g/mol. The Labute approximate surface area is 171 Å². The Hall–Kier alpha value is -2.26. The molecule has 4 nitrogen and oxygen atoms in total. The third kappa shape index (κ3) is 4.10. The summed E-state index contributed by atoms with van der Waals surface area (Å²) >= 11 is 1.88. The number of nitriles is 1. The lowest BCUT2D eigenvalue weighted by Gasteiger charge is -2.26. The summed E-state index contributed by atoms with van der Waals surface area (Å²) in [5.74, 6) is 0.969. The molecule has 2 aliphatic rings. The number of morpholine rings is 1. The number of thioether (sulfide) groups is 1. The molecular formula is C23H25N3OS. The Morgan fingerprint density at radius 1 is 1.29 bits per heavy atom. The number of nitrogens with one attached hydrogen (secondary N) is 1. The van der Waals surface area contributed by atoms with Crippen molar-refractivity contribution in [1.29, 1.82) is 5.26 Å². The minimum atomic E-state index is 0.202. The van der Waals surface area contributed by atoms with Gasteiger partial charge in [0.05, 0.1) is 30.2 Å². The SMILES string of the molecule is Cc1cc(CC2CNCCO2)c(C2=CN(C)CS2)c(-c2ccc(C#N)cc2)c1. The standard InChI is InChI=1S/C23H25N3OS/c1-16-9-19(11-20-13-25-7-8-27-20)23(22-14-26(2)15-28-22)21(10-16)18-5-3-17(12-24)4-6-18/h3-6,9-10,14,20,25H,7-8,11,13,15H2,1-2H3. The maximum Gasteiger partial charge on any atom is 0.0991 e. The largest absolute Gasteiger partial charge is 0.375 e. The number of ether oxygens (including phenoxy) is 1. The highest BCUT2D eigenvalue weighted by Gasteiger charge is 2.23. The molecule has 5 heteroatoms. The second kappa shape index (κ2) is 8.40. The van der Waals surface area contributed by atoms with Gasteiger partial charge in [-0.3, -0.25) is 0 Å². The molecular weight excluding hydrogens is 366 g/mol. The van der Waals surface area contributed by atoms with Crippen LogP contribution >= 0.6 is 11.8 Å². The highest BCUT2D eigenvalue weighted by atomic mass is 32.2. The van der Waals surface area contributed by atoms with Gasteiger partial charge in [0.2, 0.25) is 0 Å². The molecule has 1 atom stereocenters. The smallest absolute Gasteiger partial charge is 0.0991 e. The molecule has 0 amide bonds. The molecule has 2 aliphatic heterocycles. The molecule has 0 radical (unpaired) electrons. The highest BCUT2D eigenvalue weighted by Crippen LogP contribution is 2.42. The van der Waals surface area contributed by atoms with Crippen molar-refractivity contribution in [1.82, 2.24) is 10.2 Å². The molecule has 0 aromatic heterocycles. The zero-order valence-corrected chi connectivity index (χ0v) is 17.2. The summed E-state index contributed by atoms with van der Waals surface area (Å²) in [6, 6.07) is 14.7. The molecule has 0 aliphatic carbocycles. The van der Waals surface area contributed by atoms with Crippen molar-refractivity contribution in [3.63, 3.8) is 0 Å². The van der Waals surface area contributed by atoms with Crippen molar-refractivity contribution in [3.05, 3.63) is 64.9 Å². The first kappa shape index (κ1) is 19.1. The van der Waals surface area contributed by atoms with Gasteiger partial charge in [-0.05, 0) is 35.7 Å². The van der Waals surface area contributed by atoms with E-state index in [4.69, 9.17) is 10.00 Å². The van der Waals surface area contributed by atoms with Crippen molar-refractivity contribution < 1.29 is 4.74 Å². The van der Waals surface area contributed by atoms with Crippen molar-refractivity contribution in [2.75, 3.05) is 32.6 Å². The molecule has 4 rings (SSSR count). The first-order chi connectivity index (χ1) is 13.6. The van der Waals surface area contributed by atoms with E-state index in [9.17, 15) is 0 Å². The zero-order chi connectivity index (χ0) is 19.5. The fourth-order valence-corrected chi connectivity index (χ4v) is 4.90. The quantitative estimate of drug-likeness (QED) is 0.854. The Bertz CT molecular complexity index is 924. The predicted molar refractivity (Wildman–Crippen MR) is 116 cm³/mol. The third-order valence-corrected chi connectivity index (χ3v) is 6.31. The molecule has 1 N–H and O–H groups in total. The minimum absolute atomic E-state index is 0.202. The number of benzene rings is 2. The first-order valence-corrected chi connectivity index (χ1v) is 10.6. The van der Waals surface area contributed by atoms with Gasteiger partial charge in [-0.1, -0.05) is 29.8 Å². The van der Waals surface area contributed by atoms with Gasteiger partial charge >= 0.3 is 0 Å². The van der Waals surface area contributed by atoms with E-state index in [0.29, 0.717) is 5.56 Å². The normalized spacial score (nSPS) is 19.4. The summed E-state index contributed by atoms with van der Waals surface area (Å²) in [6.07, 6.45) is 3.34. The van der Waals surface area contributed by atoms with E-state index < -0.39 is 0 Å². The summed E-state index contributed by atoms with van der Waals surface area (Å²) < 4.78 is 6.00. The topological polar surface area (TPSA) is 48.3 Å². The number of hydrogen-bond donors (Lipinski definition) is 1. The van der Waals surface area contributed by atoms with Crippen molar-refractivity contribution in [2.45, 2.75) is 19.4 Å². The maximum atomic E-state index is 9.14. The van der Waals surface area contributed by atoms with Crippen molar-refractivity contribution in [2.24, 2.45) is 0 Å². The Balaban J connectivity index is 1.81. The fourth-order valence-electron chi connectivity index (χ4n) is 3.84. The first-order valence-electron chi connectivity index (χ1n) is 9.65. The lowest BCUT2D eigenvalue weighted by Crippen LogP contribution is -2.39. The van der Waals surface area contributed by atoms with Crippen LogP contribution in [0.1, 0.15) is 22.3 Å². The number of nitrogens with zero attached hydrogens (tertiary/aromatic N) is 2. The fraction of sp³-hybridized carbons (Fsp3) is 0.348. The van der Waals surface area contributed by atoms with Gasteiger partial charge in [0.1, 0.15) is 0 Å². The van der Waals surface area contributed by atoms with Crippen LogP contribution in [0, 0.1) is 18.3 Å². The lowest BCUT2D eigenvalue weighted by atomic mass is 9.90. The van der Waals surface area contributed by atoms with E-state index >= 15 is 0 Å². The summed E-state index contributed by atoms with van der Waals surface area (Å²) in [4.78, 5) is 3.53. The average Bonchev–Trinajstić information content (AvgIpc) is 3.14. The van der Waals surface area contributed by atoms with Crippen LogP contribution in [-0.2, 0) is 11.2 Å². The van der Waals surface area contributed by atoms with Crippen LogP contribution in [0.2, 0.25) is 0 Å². The monoisotopic (exact) mass is 391 g/mol. The van der Waals surface area contributed by atoms with E-state index in [0.717, 1.165) is 37.6 Å². The second-order valence-electron chi connectivity index (χ2n) is 7.46. The van der Waals surface area contributed by atoms with Crippen LogP contribution in [0.4, 0.5) is 0 Å². The highest BCUT2D eigenvalue weighted by molar-refractivity contribution is 8.08. The van der Waals surface area contributed by atoms with E-state index in [-0.39, 0.29) is 6.10 Å². The summed E-state index contributed by atoms with van der Waals surface area (Å²) in [7, 11) is 2.11. The maximum absolute atomic E-state index is 9.14. The van der Waals surface area contributed by atoms with E-state index in [1.807, 2.05) is 23.9 Å². The van der Waals surface area contributed by atoms with Crippen LogP contribution < -0.4 is 5.32 Å². The molecule has 2 aromatic rings.